The molecule has 0 rings (SSSR count). The first kappa shape index (κ1) is 6.97. The Hall–Kier alpha value is -0.0317. The van der Waals surface area contributed by atoms with Crippen molar-refractivity contribution in [1.29, 1.82) is 0 Å². The zero-order valence-corrected chi connectivity index (χ0v) is 6.98. The Bertz CT molecular complexity index is 105. The van der Waals surface area contributed by atoms with Crippen LogP contribution in [-0.4, -0.2) is 10.2 Å². The molecule has 7 heavy (non-hydrogen) atoms. The predicted molar refractivity (Wildman–Crippen MR) is 25.9 cm³/mol. The molecule has 0 amide bonds. The number of aldehydes is 1. The molecule has 0 bridgehead atoms. The summed E-state index contributed by atoms with van der Waals surface area (Å²) in [6, 6.07) is 0. The summed E-state index contributed by atoms with van der Waals surface area (Å²) < 4.78 is 1.23. The molecule has 0 saturated heterocycles. The topological polar surface area (TPSA) is 17.1 Å². The summed E-state index contributed by atoms with van der Waals surface area (Å²) in [5.41, 5.74) is 0. The Kier molecular flexibility index (Phi) is 4.12. The second-order valence-corrected chi connectivity index (χ2v) is 3.42. The summed E-state index contributed by atoms with van der Waals surface area (Å²) in [4.78, 5) is 9.62. The van der Waals surface area contributed by atoms with E-state index in [1.54, 1.807) is 0 Å². The van der Waals surface area contributed by atoms with Gasteiger partial charge in [0, 0.05) is 0 Å². The second-order valence-electron chi connectivity index (χ2n) is 1.11. The van der Waals surface area contributed by atoms with E-state index in [1.807, 2.05) is 13.0 Å². The Labute approximate surface area is 53.8 Å². The van der Waals surface area contributed by atoms with E-state index in [4.69, 9.17) is 0 Å². The zero-order chi connectivity index (χ0) is 5.70. The molecule has 1 nitrogen and oxygen atoms in total. The molecule has 0 atom stereocenters. The van der Waals surface area contributed by atoms with Gasteiger partial charge in [-0.15, -0.1) is 0 Å². The monoisotopic (exact) mass is 266 g/mol. The SMILES string of the molecule is C[C](=[W])/C=C\C=O. The first-order valence-electron chi connectivity index (χ1n) is 1.90. The molecule has 0 N–H and O–H groups in total. The molecule has 0 aromatic carbocycles. The predicted octanol–water partition coefficient (Wildman–Crippen LogP) is 0.481. The van der Waals surface area contributed by atoms with Gasteiger partial charge in [-0.3, -0.25) is 0 Å². The van der Waals surface area contributed by atoms with Crippen molar-refractivity contribution in [1.82, 2.24) is 0 Å². The average Bonchev–Trinajstić information content (AvgIpc) is 1.61. The van der Waals surface area contributed by atoms with Crippen LogP contribution in [0.5, 0.6) is 0 Å². The summed E-state index contributed by atoms with van der Waals surface area (Å²) in [7, 11) is 0. The molecule has 0 aliphatic rings. The first-order chi connectivity index (χ1) is 3.27. The third-order valence-electron chi connectivity index (χ3n) is 0.410. The Balaban J connectivity index is 3.46. The number of allylic oxidation sites excluding steroid dienone is 2. The van der Waals surface area contributed by atoms with Crippen molar-refractivity contribution < 1.29 is 24.1 Å². The Morgan fingerprint density at radius 3 is 2.43 bits per heavy atom. The quantitative estimate of drug-likeness (QED) is 0.525. The van der Waals surface area contributed by atoms with Gasteiger partial charge >= 0.3 is 53.4 Å². The van der Waals surface area contributed by atoms with Gasteiger partial charge in [-0.05, 0) is 0 Å². The van der Waals surface area contributed by atoms with Crippen LogP contribution >= 0.6 is 0 Å². The van der Waals surface area contributed by atoms with Crippen molar-refractivity contribution in [2.75, 3.05) is 0 Å². The Morgan fingerprint density at radius 2 is 2.29 bits per heavy atom. The number of carbonyl (C=O) groups excluding carboxylic acids is 1. The van der Waals surface area contributed by atoms with Crippen molar-refractivity contribution in [3.8, 4) is 0 Å². The van der Waals surface area contributed by atoms with Gasteiger partial charge in [-0.2, -0.15) is 0 Å². The minimum atomic E-state index is 0.784. The van der Waals surface area contributed by atoms with Crippen molar-refractivity contribution in [2.45, 2.75) is 6.92 Å². The molecule has 0 saturated carbocycles. The van der Waals surface area contributed by atoms with E-state index in [0.29, 0.717) is 0 Å². The normalized spacial score (nSPS) is 9.29. The molecule has 0 aliphatic carbocycles. The fraction of sp³-hybridized carbons (Fsp3) is 0.200. The third-order valence-corrected chi connectivity index (χ3v) is 0.898. The fourth-order valence-corrected chi connectivity index (χ4v) is 0.457. The molecule has 38 valence electrons. The van der Waals surface area contributed by atoms with Crippen molar-refractivity contribution >= 4 is 10.2 Å². The summed E-state index contributed by atoms with van der Waals surface area (Å²) in [5, 5.41) is 0. The molecule has 0 aromatic rings. The molecule has 0 unspecified atom stereocenters. The first-order valence-corrected chi connectivity index (χ1v) is 3.36. The molecular formula is C5H6OW. The van der Waals surface area contributed by atoms with Gasteiger partial charge in [0.15, 0.2) is 0 Å². The van der Waals surface area contributed by atoms with E-state index in [9.17, 15) is 4.79 Å². The van der Waals surface area contributed by atoms with Crippen LogP contribution < -0.4 is 0 Å². The van der Waals surface area contributed by atoms with Crippen LogP contribution in [0.25, 0.3) is 0 Å². The van der Waals surface area contributed by atoms with E-state index < -0.39 is 0 Å². The van der Waals surface area contributed by atoms with Crippen LogP contribution in [-0.2, 0) is 24.1 Å². The molecular weight excluding hydrogens is 260 g/mol. The van der Waals surface area contributed by atoms with E-state index in [2.05, 4.69) is 0 Å². The van der Waals surface area contributed by atoms with E-state index in [0.717, 1.165) is 6.29 Å². The van der Waals surface area contributed by atoms with Crippen LogP contribution in [0.1, 0.15) is 6.92 Å². The number of carbonyl (C=O) groups is 1. The van der Waals surface area contributed by atoms with Crippen LogP contribution in [0.15, 0.2) is 12.2 Å². The van der Waals surface area contributed by atoms with Crippen LogP contribution in [0.4, 0.5) is 0 Å². The van der Waals surface area contributed by atoms with E-state index in [-0.39, 0.29) is 0 Å². The molecule has 0 aliphatic heterocycles. The maximum absolute atomic E-state index is 9.62. The average molecular weight is 266 g/mol. The molecule has 0 radical (unpaired) electrons. The summed E-state index contributed by atoms with van der Waals surface area (Å²) in [6.07, 6.45) is 4.09. The fourth-order valence-electron chi connectivity index (χ4n) is 0.175. The number of rotatable bonds is 2. The molecule has 0 fully saturated rings. The van der Waals surface area contributed by atoms with Crippen molar-refractivity contribution in [3.63, 3.8) is 0 Å². The molecule has 0 spiro atoms. The standard InChI is InChI=1S/C5H6O.W/c1-2-3-4-5-6;/h3-5H,1H3;/b4-3-;. The minimum absolute atomic E-state index is 0.784. The second kappa shape index (κ2) is 4.14. The van der Waals surface area contributed by atoms with Crippen LogP contribution in [0.3, 0.4) is 0 Å². The molecule has 0 heterocycles. The van der Waals surface area contributed by atoms with Gasteiger partial charge in [0.25, 0.3) is 0 Å². The summed E-state index contributed by atoms with van der Waals surface area (Å²) in [6.45, 7) is 1.98. The van der Waals surface area contributed by atoms with E-state index in [1.165, 1.54) is 29.3 Å². The summed E-state index contributed by atoms with van der Waals surface area (Å²) >= 11 is 1.41. The van der Waals surface area contributed by atoms with Crippen molar-refractivity contribution in [3.05, 3.63) is 12.2 Å². The van der Waals surface area contributed by atoms with Gasteiger partial charge in [-0.1, -0.05) is 0 Å². The van der Waals surface area contributed by atoms with E-state index >= 15 is 0 Å². The van der Waals surface area contributed by atoms with Gasteiger partial charge in [-0.25, -0.2) is 0 Å². The third kappa shape index (κ3) is 5.97. The van der Waals surface area contributed by atoms with Crippen LogP contribution in [0, 0.1) is 0 Å². The summed E-state index contributed by atoms with van der Waals surface area (Å²) in [5.74, 6) is 0. The van der Waals surface area contributed by atoms with Gasteiger partial charge < -0.3 is 0 Å². The molecule has 0 aromatic heterocycles. The Morgan fingerprint density at radius 1 is 1.71 bits per heavy atom. The number of hydrogen-bond donors (Lipinski definition) is 0. The van der Waals surface area contributed by atoms with Gasteiger partial charge in [0.05, 0.1) is 0 Å². The number of hydrogen-bond acceptors (Lipinski definition) is 1. The molecule has 2 heteroatoms. The van der Waals surface area contributed by atoms with Gasteiger partial charge in [0.1, 0.15) is 0 Å². The van der Waals surface area contributed by atoms with Gasteiger partial charge in [0.2, 0.25) is 0 Å². The maximum atomic E-state index is 9.62. The zero-order valence-electron chi connectivity index (χ0n) is 4.05. The van der Waals surface area contributed by atoms with Crippen LogP contribution in [0.2, 0.25) is 0 Å². The van der Waals surface area contributed by atoms with Crippen molar-refractivity contribution in [2.24, 2.45) is 0 Å².